The summed E-state index contributed by atoms with van der Waals surface area (Å²) in [5.41, 5.74) is 2.87. The van der Waals surface area contributed by atoms with Gasteiger partial charge in [-0.1, -0.05) is 72.3 Å². The molecule has 4 rings (SSSR count). The summed E-state index contributed by atoms with van der Waals surface area (Å²) in [5, 5.41) is 3.26. The summed E-state index contributed by atoms with van der Waals surface area (Å²) in [7, 11) is 0. The van der Waals surface area contributed by atoms with Crippen LogP contribution in [-0.4, -0.2) is 15.9 Å². The van der Waals surface area contributed by atoms with Gasteiger partial charge in [0.1, 0.15) is 24.1 Å². The first-order valence-electron chi connectivity index (χ1n) is 9.80. The molecule has 0 aliphatic rings. The first-order valence-corrected chi connectivity index (χ1v) is 10.2. The van der Waals surface area contributed by atoms with Crippen LogP contribution in [0.4, 0.5) is 0 Å². The van der Waals surface area contributed by atoms with Crippen LogP contribution in [0.15, 0.2) is 97.3 Å². The van der Waals surface area contributed by atoms with Crippen LogP contribution in [0.1, 0.15) is 33.2 Å². The number of aromatic nitrogens is 2. The Morgan fingerprint density at radius 3 is 2.35 bits per heavy atom. The summed E-state index contributed by atoms with van der Waals surface area (Å²) in [5.74, 6) is 0.447. The molecule has 1 amide bonds. The average Bonchev–Trinajstić information content (AvgIpc) is 2.83. The molecule has 0 spiro atoms. The molecule has 3 aromatic carbocycles. The molecule has 1 N–H and O–H groups in total. The summed E-state index contributed by atoms with van der Waals surface area (Å²) in [6.07, 6.45) is 3.07. The molecule has 5 nitrogen and oxygen atoms in total. The molecule has 0 bridgehead atoms. The fourth-order valence-corrected chi connectivity index (χ4v) is 3.38. The molecule has 0 radical (unpaired) electrons. The second-order valence-corrected chi connectivity index (χ2v) is 7.21. The summed E-state index contributed by atoms with van der Waals surface area (Å²) in [4.78, 5) is 21.4. The zero-order valence-electron chi connectivity index (χ0n) is 16.6. The van der Waals surface area contributed by atoms with Crippen LogP contribution in [0.3, 0.4) is 0 Å². The molecule has 1 unspecified atom stereocenters. The predicted molar refractivity (Wildman–Crippen MR) is 120 cm³/mol. The summed E-state index contributed by atoms with van der Waals surface area (Å²) < 4.78 is 5.96. The zero-order valence-corrected chi connectivity index (χ0v) is 17.4. The lowest BCUT2D eigenvalue weighted by molar-refractivity contribution is 0.0942. The van der Waals surface area contributed by atoms with E-state index < -0.39 is 6.04 Å². The van der Waals surface area contributed by atoms with Gasteiger partial charge in [0.25, 0.3) is 5.91 Å². The van der Waals surface area contributed by atoms with Gasteiger partial charge in [0.05, 0.1) is 0 Å². The van der Waals surface area contributed by atoms with Crippen molar-refractivity contribution >= 4 is 17.5 Å². The minimum absolute atomic E-state index is 0.233. The van der Waals surface area contributed by atoms with Gasteiger partial charge >= 0.3 is 0 Å². The van der Waals surface area contributed by atoms with E-state index in [2.05, 4.69) is 15.3 Å². The van der Waals surface area contributed by atoms with Gasteiger partial charge in [-0.15, -0.1) is 0 Å². The van der Waals surface area contributed by atoms with Gasteiger partial charge in [0.15, 0.2) is 5.15 Å². The fourth-order valence-electron chi connectivity index (χ4n) is 3.16. The van der Waals surface area contributed by atoms with Crippen LogP contribution < -0.4 is 10.1 Å². The van der Waals surface area contributed by atoms with Crippen molar-refractivity contribution in [1.82, 2.24) is 15.3 Å². The normalized spacial score (nSPS) is 11.5. The topological polar surface area (TPSA) is 64.1 Å². The first kappa shape index (κ1) is 20.6. The number of ether oxygens (including phenoxy) is 1. The number of nitrogens with zero attached hydrogens (tertiary/aromatic N) is 2. The molecular weight excluding hydrogens is 410 g/mol. The van der Waals surface area contributed by atoms with Gasteiger partial charge < -0.3 is 10.1 Å². The third-order valence-corrected chi connectivity index (χ3v) is 5.00. The molecule has 1 aromatic heterocycles. The quantitative estimate of drug-likeness (QED) is 0.437. The lowest BCUT2D eigenvalue weighted by Crippen LogP contribution is -2.30. The molecule has 154 valence electrons. The molecule has 0 aliphatic heterocycles. The number of hydrogen-bond donors (Lipinski definition) is 1. The van der Waals surface area contributed by atoms with Crippen molar-refractivity contribution in [2.45, 2.75) is 12.6 Å². The highest BCUT2D eigenvalue weighted by atomic mass is 35.5. The Kier molecular flexibility index (Phi) is 6.55. The molecule has 0 saturated carbocycles. The minimum atomic E-state index is -0.589. The van der Waals surface area contributed by atoms with E-state index in [0.717, 1.165) is 11.1 Å². The predicted octanol–water partition coefficient (Wildman–Crippen LogP) is 5.23. The van der Waals surface area contributed by atoms with Gasteiger partial charge in [-0.3, -0.25) is 9.78 Å². The zero-order chi connectivity index (χ0) is 21.5. The minimum Gasteiger partial charge on any atom is -0.489 e. The van der Waals surface area contributed by atoms with E-state index in [1.807, 2.05) is 72.8 Å². The molecule has 4 aromatic rings. The van der Waals surface area contributed by atoms with Gasteiger partial charge in [0, 0.05) is 18.0 Å². The Morgan fingerprint density at radius 2 is 1.61 bits per heavy atom. The van der Waals surface area contributed by atoms with E-state index in [1.165, 1.54) is 6.20 Å². The molecule has 0 saturated heterocycles. The van der Waals surface area contributed by atoms with Crippen molar-refractivity contribution < 1.29 is 9.53 Å². The molecule has 1 heterocycles. The van der Waals surface area contributed by atoms with Crippen LogP contribution in [-0.2, 0) is 6.61 Å². The van der Waals surface area contributed by atoms with E-state index in [1.54, 1.807) is 18.3 Å². The van der Waals surface area contributed by atoms with E-state index in [-0.39, 0.29) is 11.1 Å². The smallest absolute Gasteiger partial charge is 0.252 e. The maximum atomic E-state index is 12.9. The molecule has 0 aliphatic carbocycles. The van der Waals surface area contributed by atoms with Crippen molar-refractivity contribution in [3.63, 3.8) is 0 Å². The van der Waals surface area contributed by atoms with Crippen LogP contribution in [0.2, 0.25) is 5.15 Å². The molecule has 6 heteroatoms. The summed E-state index contributed by atoms with van der Waals surface area (Å²) >= 11 is 6.32. The van der Waals surface area contributed by atoms with Crippen molar-refractivity contribution in [1.29, 1.82) is 0 Å². The number of benzene rings is 3. The number of amides is 1. The van der Waals surface area contributed by atoms with Crippen LogP contribution >= 0.6 is 11.6 Å². The largest absolute Gasteiger partial charge is 0.489 e. The van der Waals surface area contributed by atoms with Crippen LogP contribution in [0.5, 0.6) is 5.75 Å². The van der Waals surface area contributed by atoms with E-state index in [4.69, 9.17) is 16.3 Å². The molecule has 31 heavy (non-hydrogen) atoms. The van der Waals surface area contributed by atoms with Crippen molar-refractivity contribution in [2.24, 2.45) is 0 Å². The van der Waals surface area contributed by atoms with E-state index >= 15 is 0 Å². The van der Waals surface area contributed by atoms with Gasteiger partial charge in [-0.25, -0.2) is 4.98 Å². The van der Waals surface area contributed by atoms with Gasteiger partial charge in [-0.2, -0.15) is 0 Å². The SMILES string of the molecule is O=C(NC(c1cccc(OCc2ccccc2)c1)c1nccnc1Cl)c1ccccc1. The maximum Gasteiger partial charge on any atom is 0.252 e. The van der Waals surface area contributed by atoms with E-state index in [9.17, 15) is 4.79 Å². The average molecular weight is 430 g/mol. The third-order valence-electron chi connectivity index (χ3n) is 4.70. The Labute approximate surface area is 185 Å². The third kappa shape index (κ3) is 5.27. The number of hydrogen-bond acceptors (Lipinski definition) is 4. The van der Waals surface area contributed by atoms with Gasteiger partial charge in [-0.05, 0) is 35.4 Å². The van der Waals surface area contributed by atoms with Crippen LogP contribution in [0, 0.1) is 0 Å². The standard InChI is InChI=1S/C25H20ClN3O2/c26-24-23(27-14-15-28-24)22(29-25(30)19-10-5-2-6-11-19)20-12-7-13-21(16-20)31-17-18-8-3-1-4-9-18/h1-16,22H,17H2,(H,29,30). The Hall–Kier alpha value is -3.70. The Morgan fingerprint density at radius 1 is 0.903 bits per heavy atom. The summed E-state index contributed by atoms with van der Waals surface area (Å²) in [6, 6.07) is 25.9. The van der Waals surface area contributed by atoms with Crippen molar-refractivity contribution in [2.75, 3.05) is 0 Å². The van der Waals surface area contributed by atoms with Crippen LogP contribution in [0.25, 0.3) is 0 Å². The number of carbonyl (C=O) groups excluding carboxylic acids is 1. The highest BCUT2D eigenvalue weighted by Crippen LogP contribution is 2.28. The molecule has 0 fully saturated rings. The second-order valence-electron chi connectivity index (χ2n) is 6.85. The van der Waals surface area contributed by atoms with Crippen molar-refractivity contribution in [3.8, 4) is 5.75 Å². The second kappa shape index (κ2) is 9.87. The summed E-state index contributed by atoms with van der Waals surface area (Å²) in [6.45, 7) is 0.442. The molecule has 1 atom stereocenters. The van der Waals surface area contributed by atoms with E-state index in [0.29, 0.717) is 23.6 Å². The highest BCUT2D eigenvalue weighted by Gasteiger charge is 2.22. The number of nitrogens with one attached hydrogen (secondary N) is 1. The van der Waals surface area contributed by atoms with Crippen molar-refractivity contribution in [3.05, 3.63) is 125 Å². The number of carbonyl (C=O) groups is 1. The molecular formula is C25H20ClN3O2. The number of rotatable bonds is 7. The Bertz CT molecular complexity index is 1150. The first-order chi connectivity index (χ1) is 15.2. The lowest BCUT2D eigenvalue weighted by atomic mass is 10.0. The maximum absolute atomic E-state index is 12.9. The highest BCUT2D eigenvalue weighted by molar-refractivity contribution is 6.30. The number of halogens is 1. The monoisotopic (exact) mass is 429 g/mol. The fraction of sp³-hybridized carbons (Fsp3) is 0.0800. The Balaban J connectivity index is 1.62. The van der Waals surface area contributed by atoms with Gasteiger partial charge in [0.2, 0.25) is 0 Å². The lowest BCUT2D eigenvalue weighted by Gasteiger charge is -2.20.